The molecule has 94 valence electrons. The second-order valence-electron chi connectivity index (χ2n) is 3.45. The summed E-state index contributed by atoms with van der Waals surface area (Å²) in [6.07, 6.45) is 0. The number of nitrogens with one attached hydrogen (secondary N) is 1. The van der Waals surface area contributed by atoms with Gasteiger partial charge in [-0.1, -0.05) is 23.9 Å². The van der Waals surface area contributed by atoms with Crippen LogP contribution < -0.4 is 15.8 Å². The van der Waals surface area contributed by atoms with E-state index in [1.54, 1.807) is 14.2 Å². The highest BCUT2D eigenvalue weighted by atomic mass is 32.2. The Balaban J connectivity index is 2.30. The molecular formula is C12H14N4OS. The first-order valence-electron chi connectivity index (χ1n) is 5.36. The van der Waals surface area contributed by atoms with Crippen LogP contribution in [-0.4, -0.2) is 24.1 Å². The number of benzene rings is 1. The van der Waals surface area contributed by atoms with Crippen molar-refractivity contribution in [1.82, 2.24) is 9.97 Å². The van der Waals surface area contributed by atoms with Crippen LogP contribution in [0, 0.1) is 0 Å². The van der Waals surface area contributed by atoms with Crippen LogP contribution in [0.3, 0.4) is 0 Å². The molecule has 0 aliphatic heterocycles. The second kappa shape index (κ2) is 5.59. The molecule has 5 nitrogen and oxygen atoms in total. The number of anilines is 2. The average Bonchev–Trinajstić information content (AvgIpc) is 2.38. The Kier molecular flexibility index (Phi) is 3.88. The summed E-state index contributed by atoms with van der Waals surface area (Å²) in [7, 11) is 3.44. The number of nitrogens with zero attached hydrogens (tertiary/aromatic N) is 2. The third-order valence-electron chi connectivity index (χ3n) is 2.26. The first-order chi connectivity index (χ1) is 8.72. The highest BCUT2D eigenvalue weighted by Crippen LogP contribution is 2.34. The molecule has 6 heteroatoms. The van der Waals surface area contributed by atoms with Crippen molar-refractivity contribution in [3.63, 3.8) is 0 Å². The van der Waals surface area contributed by atoms with Crippen LogP contribution in [-0.2, 0) is 0 Å². The van der Waals surface area contributed by atoms with E-state index in [2.05, 4.69) is 15.3 Å². The third-order valence-corrected chi connectivity index (χ3v) is 3.24. The SMILES string of the molecule is CNc1cc(Sc2ccccc2OC)nc(N)n1. The fraction of sp³-hybridized carbons (Fsp3) is 0.167. The van der Waals surface area contributed by atoms with Gasteiger partial charge in [-0.25, -0.2) is 4.98 Å². The molecule has 3 N–H and O–H groups in total. The number of nitrogens with two attached hydrogens (primary N) is 1. The first kappa shape index (κ1) is 12.5. The molecule has 0 radical (unpaired) electrons. The third kappa shape index (κ3) is 2.84. The number of nitrogen functional groups attached to an aromatic ring is 1. The molecule has 18 heavy (non-hydrogen) atoms. The second-order valence-corrected chi connectivity index (χ2v) is 4.51. The number of methoxy groups -OCH3 is 1. The molecule has 0 unspecified atom stereocenters. The van der Waals surface area contributed by atoms with Crippen LogP contribution in [0.4, 0.5) is 11.8 Å². The van der Waals surface area contributed by atoms with Gasteiger partial charge in [0.2, 0.25) is 5.95 Å². The highest BCUT2D eigenvalue weighted by Gasteiger charge is 2.07. The molecule has 0 fully saturated rings. The summed E-state index contributed by atoms with van der Waals surface area (Å²) in [4.78, 5) is 9.22. The minimum absolute atomic E-state index is 0.249. The zero-order chi connectivity index (χ0) is 13.0. The number of rotatable bonds is 4. The Morgan fingerprint density at radius 2 is 2.06 bits per heavy atom. The normalized spacial score (nSPS) is 10.1. The van der Waals surface area contributed by atoms with Gasteiger partial charge in [0.05, 0.1) is 12.0 Å². The molecule has 0 saturated carbocycles. The molecular weight excluding hydrogens is 248 g/mol. The first-order valence-corrected chi connectivity index (χ1v) is 6.17. The molecule has 0 aliphatic carbocycles. The van der Waals surface area contributed by atoms with Crippen molar-refractivity contribution in [2.45, 2.75) is 9.92 Å². The Bertz CT molecular complexity index is 547. The molecule has 1 aromatic carbocycles. The van der Waals surface area contributed by atoms with E-state index in [-0.39, 0.29) is 5.95 Å². The average molecular weight is 262 g/mol. The summed E-state index contributed by atoms with van der Waals surface area (Å²) in [5, 5.41) is 3.72. The van der Waals surface area contributed by atoms with Crippen LogP contribution in [0.15, 0.2) is 40.3 Å². The molecule has 0 bridgehead atoms. The lowest BCUT2D eigenvalue weighted by Crippen LogP contribution is -2.00. The Morgan fingerprint density at radius 1 is 1.28 bits per heavy atom. The summed E-state index contributed by atoms with van der Waals surface area (Å²) < 4.78 is 5.29. The lowest BCUT2D eigenvalue weighted by molar-refractivity contribution is 0.405. The lowest BCUT2D eigenvalue weighted by Gasteiger charge is -2.08. The van der Waals surface area contributed by atoms with Crippen molar-refractivity contribution >= 4 is 23.5 Å². The maximum Gasteiger partial charge on any atom is 0.223 e. The van der Waals surface area contributed by atoms with Crippen LogP contribution in [0.5, 0.6) is 5.75 Å². The Labute approximate surface area is 110 Å². The molecule has 2 rings (SSSR count). The number of hydrogen-bond acceptors (Lipinski definition) is 6. The van der Waals surface area contributed by atoms with Gasteiger partial charge in [0.25, 0.3) is 0 Å². The van der Waals surface area contributed by atoms with Gasteiger partial charge in [-0.05, 0) is 12.1 Å². The van der Waals surface area contributed by atoms with Crippen LogP contribution >= 0.6 is 11.8 Å². The molecule has 0 aliphatic rings. The van der Waals surface area contributed by atoms with Crippen molar-refractivity contribution in [2.75, 3.05) is 25.2 Å². The molecule has 0 amide bonds. The van der Waals surface area contributed by atoms with Gasteiger partial charge in [0, 0.05) is 13.1 Å². The van der Waals surface area contributed by atoms with Gasteiger partial charge in [-0.3, -0.25) is 0 Å². The van der Waals surface area contributed by atoms with Crippen molar-refractivity contribution in [3.05, 3.63) is 30.3 Å². The van der Waals surface area contributed by atoms with E-state index in [0.717, 1.165) is 15.7 Å². The van der Waals surface area contributed by atoms with Gasteiger partial charge in [-0.2, -0.15) is 4.98 Å². The smallest absolute Gasteiger partial charge is 0.223 e. The van der Waals surface area contributed by atoms with Crippen LogP contribution in [0.2, 0.25) is 0 Å². The van der Waals surface area contributed by atoms with Gasteiger partial charge >= 0.3 is 0 Å². The number of para-hydroxylation sites is 1. The highest BCUT2D eigenvalue weighted by molar-refractivity contribution is 7.99. The van der Waals surface area contributed by atoms with Gasteiger partial charge < -0.3 is 15.8 Å². The maximum absolute atomic E-state index is 5.65. The van der Waals surface area contributed by atoms with Crippen molar-refractivity contribution in [1.29, 1.82) is 0 Å². The summed E-state index contributed by atoms with van der Waals surface area (Å²) in [5.41, 5.74) is 5.65. The summed E-state index contributed by atoms with van der Waals surface area (Å²) >= 11 is 1.49. The number of ether oxygens (including phenoxy) is 1. The van der Waals surface area contributed by atoms with Crippen molar-refractivity contribution in [3.8, 4) is 5.75 Å². The monoisotopic (exact) mass is 262 g/mol. The summed E-state index contributed by atoms with van der Waals surface area (Å²) in [5.74, 6) is 1.75. The van der Waals surface area contributed by atoms with E-state index in [1.165, 1.54) is 11.8 Å². The zero-order valence-corrected chi connectivity index (χ0v) is 11.0. The van der Waals surface area contributed by atoms with E-state index in [1.807, 2.05) is 30.3 Å². The molecule has 1 aromatic heterocycles. The van der Waals surface area contributed by atoms with E-state index in [9.17, 15) is 0 Å². The minimum atomic E-state index is 0.249. The Morgan fingerprint density at radius 3 is 2.78 bits per heavy atom. The van der Waals surface area contributed by atoms with Gasteiger partial charge in [0.15, 0.2) is 0 Å². The zero-order valence-electron chi connectivity index (χ0n) is 10.2. The maximum atomic E-state index is 5.65. The molecule has 0 saturated heterocycles. The van der Waals surface area contributed by atoms with Gasteiger partial charge in [0.1, 0.15) is 16.6 Å². The van der Waals surface area contributed by atoms with Crippen LogP contribution in [0.25, 0.3) is 0 Å². The van der Waals surface area contributed by atoms with Crippen molar-refractivity contribution in [2.24, 2.45) is 0 Å². The molecule has 2 aromatic rings. The topological polar surface area (TPSA) is 73.1 Å². The Hall–Kier alpha value is -1.95. The fourth-order valence-corrected chi connectivity index (χ4v) is 2.37. The predicted octanol–water partition coefficient (Wildman–Crippen LogP) is 2.26. The van der Waals surface area contributed by atoms with Crippen LogP contribution in [0.1, 0.15) is 0 Å². The molecule has 0 atom stereocenters. The van der Waals surface area contributed by atoms with E-state index in [4.69, 9.17) is 10.5 Å². The predicted molar refractivity (Wildman–Crippen MR) is 73.1 cm³/mol. The summed E-state index contributed by atoms with van der Waals surface area (Å²) in [6, 6.07) is 9.60. The van der Waals surface area contributed by atoms with E-state index in [0.29, 0.717) is 5.82 Å². The standard InChI is InChI=1S/C12H14N4OS/c1-14-10-7-11(16-12(13)15-10)18-9-6-4-3-5-8(9)17-2/h3-7H,1-2H3,(H3,13,14,15,16). The fourth-order valence-electron chi connectivity index (χ4n) is 1.44. The largest absolute Gasteiger partial charge is 0.496 e. The van der Waals surface area contributed by atoms with Gasteiger partial charge in [-0.15, -0.1) is 0 Å². The summed E-state index contributed by atoms with van der Waals surface area (Å²) in [6.45, 7) is 0. The minimum Gasteiger partial charge on any atom is -0.496 e. The quantitative estimate of drug-likeness (QED) is 0.823. The lowest BCUT2D eigenvalue weighted by atomic mass is 10.3. The number of hydrogen-bond donors (Lipinski definition) is 2. The van der Waals surface area contributed by atoms with Crippen molar-refractivity contribution < 1.29 is 4.74 Å². The molecule has 0 spiro atoms. The van der Waals surface area contributed by atoms with E-state index < -0.39 is 0 Å². The van der Waals surface area contributed by atoms with E-state index >= 15 is 0 Å². The molecule has 1 heterocycles. The number of aromatic nitrogens is 2.